The second-order valence-corrected chi connectivity index (χ2v) is 9.12. The minimum Gasteiger partial charge on any atom is -0.355 e. The number of rotatable bonds is 6. The van der Waals surface area contributed by atoms with Gasteiger partial charge in [0.2, 0.25) is 0 Å². The highest BCUT2D eigenvalue weighted by Gasteiger charge is 2.27. The van der Waals surface area contributed by atoms with E-state index >= 15 is 0 Å². The molecule has 0 bridgehead atoms. The van der Waals surface area contributed by atoms with E-state index in [-0.39, 0.29) is 5.91 Å². The van der Waals surface area contributed by atoms with Crippen molar-refractivity contribution in [3.05, 3.63) is 54.0 Å². The van der Waals surface area contributed by atoms with Crippen molar-refractivity contribution in [1.29, 1.82) is 0 Å². The number of carbonyl (C=O) groups excluding carboxylic acids is 1. The number of hydrogen-bond acceptors (Lipinski definition) is 6. The summed E-state index contributed by atoms with van der Waals surface area (Å²) in [5, 5.41) is 2.92. The number of aromatic nitrogens is 2. The van der Waals surface area contributed by atoms with Crippen molar-refractivity contribution in [3.63, 3.8) is 0 Å². The number of likely N-dealkylation sites (tertiary alicyclic amines) is 1. The van der Waals surface area contributed by atoms with Crippen LogP contribution in [0, 0.1) is 0 Å². The van der Waals surface area contributed by atoms with Crippen LogP contribution in [-0.2, 0) is 6.54 Å². The van der Waals surface area contributed by atoms with E-state index in [0.717, 1.165) is 44.1 Å². The van der Waals surface area contributed by atoms with E-state index in [1.807, 2.05) is 30.3 Å². The molecule has 7 nitrogen and oxygen atoms in total. The quantitative estimate of drug-likeness (QED) is 0.751. The first-order valence-electron chi connectivity index (χ1n) is 12.0. The topological polar surface area (TPSA) is 64.6 Å². The molecule has 4 heterocycles. The first-order chi connectivity index (χ1) is 15.6. The van der Waals surface area contributed by atoms with E-state index in [1.165, 1.54) is 25.9 Å². The van der Waals surface area contributed by atoms with Crippen molar-refractivity contribution in [3.8, 4) is 0 Å². The molecule has 0 radical (unpaired) electrons. The molecular weight excluding hydrogens is 400 g/mol. The molecule has 2 aliphatic rings. The third kappa shape index (κ3) is 5.84. The molecule has 0 atom stereocenters. The molecule has 32 heavy (non-hydrogen) atoms. The Morgan fingerprint density at radius 3 is 2.62 bits per heavy atom. The van der Waals surface area contributed by atoms with Crippen LogP contribution in [0.25, 0.3) is 0 Å². The van der Waals surface area contributed by atoms with E-state index in [4.69, 9.17) is 0 Å². The Balaban J connectivity index is 1.32. The monoisotopic (exact) mass is 436 g/mol. The molecular formula is C25H36N6O. The predicted octanol–water partition coefficient (Wildman–Crippen LogP) is 2.79. The Labute approximate surface area is 191 Å². The maximum Gasteiger partial charge on any atom is 0.270 e. The molecule has 1 amide bonds. The highest BCUT2D eigenvalue weighted by Crippen LogP contribution is 2.21. The van der Waals surface area contributed by atoms with E-state index in [0.29, 0.717) is 24.3 Å². The summed E-state index contributed by atoms with van der Waals surface area (Å²) in [6.45, 7) is 11.6. The number of anilines is 1. The van der Waals surface area contributed by atoms with Crippen molar-refractivity contribution in [2.45, 2.75) is 51.7 Å². The third-order valence-electron chi connectivity index (χ3n) is 6.72. The summed E-state index contributed by atoms with van der Waals surface area (Å²) >= 11 is 0. The number of nitrogens with one attached hydrogen (secondary N) is 1. The minimum atomic E-state index is -0.161. The van der Waals surface area contributed by atoms with Gasteiger partial charge in [0.15, 0.2) is 0 Å². The first-order valence-corrected chi connectivity index (χ1v) is 12.0. The molecule has 0 aliphatic carbocycles. The minimum absolute atomic E-state index is 0.161. The normalized spacial score (nSPS) is 19.2. The molecule has 2 saturated heterocycles. The Hall–Kier alpha value is -2.51. The molecule has 172 valence electrons. The molecule has 0 aromatic carbocycles. The van der Waals surface area contributed by atoms with Crippen LogP contribution in [0.4, 0.5) is 5.82 Å². The van der Waals surface area contributed by atoms with Crippen molar-refractivity contribution in [2.75, 3.05) is 44.2 Å². The third-order valence-corrected chi connectivity index (χ3v) is 6.72. The van der Waals surface area contributed by atoms with Crippen LogP contribution in [0.3, 0.4) is 0 Å². The lowest BCUT2D eigenvalue weighted by atomic mass is 10.0. The molecule has 2 aromatic heterocycles. The van der Waals surface area contributed by atoms with Gasteiger partial charge >= 0.3 is 0 Å². The number of amides is 1. The van der Waals surface area contributed by atoms with Crippen LogP contribution in [0.1, 0.15) is 49.3 Å². The van der Waals surface area contributed by atoms with E-state index < -0.39 is 0 Å². The highest BCUT2D eigenvalue weighted by atomic mass is 16.1. The lowest BCUT2D eigenvalue weighted by Crippen LogP contribution is -2.47. The van der Waals surface area contributed by atoms with E-state index in [1.54, 1.807) is 12.3 Å². The molecule has 2 aliphatic heterocycles. The van der Waals surface area contributed by atoms with Crippen LogP contribution in [-0.4, -0.2) is 77.0 Å². The zero-order chi connectivity index (χ0) is 22.3. The lowest BCUT2D eigenvalue weighted by molar-refractivity contribution is 0.0945. The van der Waals surface area contributed by atoms with Crippen molar-refractivity contribution in [1.82, 2.24) is 25.1 Å². The van der Waals surface area contributed by atoms with Gasteiger partial charge in [-0.1, -0.05) is 12.1 Å². The summed E-state index contributed by atoms with van der Waals surface area (Å²) in [4.78, 5) is 29.2. The Kier molecular flexibility index (Phi) is 7.71. The van der Waals surface area contributed by atoms with Gasteiger partial charge in [0, 0.05) is 44.5 Å². The van der Waals surface area contributed by atoms with Gasteiger partial charge < -0.3 is 15.1 Å². The zero-order valence-electron chi connectivity index (χ0n) is 19.4. The average molecular weight is 437 g/mol. The van der Waals surface area contributed by atoms with Crippen LogP contribution in [0.15, 0.2) is 42.6 Å². The molecule has 7 heteroatoms. The number of hydrogen-bond donors (Lipinski definition) is 1. The second-order valence-electron chi connectivity index (χ2n) is 9.12. The van der Waals surface area contributed by atoms with Gasteiger partial charge in [-0.15, -0.1) is 0 Å². The summed E-state index contributed by atoms with van der Waals surface area (Å²) in [6, 6.07) is 12.8. The number of piperidine rings is 1. The van der Waals surface area contributed by atoms with Gasteiger partial charge in [0.25, 0.3) is 5.91 Å². The molecule has 1 N–H and O–H groups in total. The van der Waals surface area contributed by atoms with Crippen molar-refractivity contribution >= 4 is 11.7 Å². The maximum atomic E-state index is 12.6. The molecule has 4 rings (SSSR count). The summed E-state index contributed by atoms with van der Waals surface area (Å²) < 4.78 is 0. The average Bonchev–Trinajstić information content (AvgIpc) is 3.10. The second kappa shape index (κ2) is 10.9. The number of carbonyl (C=O) groups is 1. The van der Waals surface area contributed by atoms with Gasteiger partial charge in [-0.25, -0.2) is 4.98 Å². The predicted molar refractivity (Wildman–Crippen MR) is 128 cm³/mol. The molecule has 2 aromatic rings. The van der Waals surface area contributed by atoms with Crippen LogP contribution >= 0.6 is 0 Å². The van der Waals surface area contributed by atoms with E-state index in [2.05, 4.69) is 43.8 Å². The molecule has 0 saturated carbocycles. The van der Waals surface area contributed by atoms with Gasteiger partial charge in [-0.05, 0) is 70.5 Å². The number of pyridine rings is 2. The first kappa shape index (κ1) is 22.7. The maximum absolute atomic E-state index is 12.6. The van der Waals surface area contributed by atoms with Crippen molar-refractivity contribution < 1.29 is 4.79 Å². The smallest absolute Gasteiger partial charge is 0.270 e. The fourth-order valence-corrected chi connectivity index (χ4v) is 4.79. The van der Waals surface area contributed by atoms with Gasteiger partial charge in [0.1, 0.15) is 11.5 Å². The zero-order valence-corrected chi connectivity index (χ0v) is 19.4. The summed E-state index contributed by atoms with van der Waals surface area (Å²) in [5.41, 5.74) is 1.30. The number of nitrogens with zero attached hydrogens (tertiary/aromatic N) is 5. The summed E-state index contributed by atoms with van der Waals surface area (Å²) in [5.74, 6) is 0.734. The Morgan fingerprint density at radius 2 is 1.88 bits per heavy atom. The van der Waals surface area contributed by atoms with Crippen LogP contribution < -0.4 is 10.2 Å². The highest BCUT2D eigenvalue weighted by molar-refractivity contribution is 5.92. The van der Waals surface area contributed by atoms with Crippen LogP contribution in [0.2, 0.25) is 0 Å². The summed E-state index contributed by atoms with van der Waals surface area (Å²) in [6.07, 6.45) is 5.39. The molecule has 2 fully saturated rings. The van der Waals surface area contributed by atoms with Crippen LogP contribution in [0.5, 0.6) is 0 Å². The molecule has 0 spiro atoms. The van der Waals surface area contributed by atoms with Crippen molar-refractivity contribution in [2.24, 2.45) is 0 Å². The fraction of sp³-hybridized carbons (Fsp3) is 0.560. The molecule has 0 unspecified atom stereocenters. The van der Waals surface area contributed by atoms with E-state index in [9.17, 15) is 4.79 Å². The lowest BCUT2D eigenvalue weighted by Gasteiger charge is -2.39. The fourth-order valence-electron chi connectivity index (χ4n) is 4.79. The Morgan fingerprint density at radius 1 is 1.03 bits per heavy atom. The summed E-state index contributed by atoms with van der Waals surface area (Å²) in [7, 11) is 0. The SMILES string of the molecule is CC(C)N1CCC(N2CCCN(c3cccc(C(=O)NCc4ccccn4)n3)CC2)CC1. The standard InChI is InChI=1S/C25H36N6O/c1-20(2)29-15-10-22(11-16-29)30-13-6-14-31(18-17-30)24-9-5-8-23(28-24)25(32)27-19-21-7-3-4-12-26-21/h3-5,7-9,12,20,22H,6,10-11,13-19H2,1-2H3,(H,27,32). The van der Waals surface area contributed by atoms with Gasteiger partial charge in [0.05, 0.1) is 12.2 Å². The van der Waals surface area contributed by atoms with Gasteiger partial charge in [-0.3, -0.25) is 14.7 Å². The Bertz CT molecular complexity index is 866. The largest absolute Gasteiger partial charge is 0.355 e. The van der Waals surface area contributed by atoms with Gasteiger partial charge in [-0.2, -0.15) is 0 Å².